The second kappa shape index (κ2) is 9.44. The van der Waals surface area contributed by atoms with E-state index in [1.54, 1.807) is 31.0 Å². The number of hydrogen-bond donors (Lipinski definition) is 2. The number of nitrogens with one attached hydrogen (secondary N) is 1. The minimum Gasteiger partial charge on any atom is -0.495 e. The van der Waals surface area contributed by atoms with Gasteiger partial charge in [-0.05, 0) is 38.0 Å². The smallest absolute Gasteiger partial charge is 0.223 e. The third-order valence-electron chi connectivity index (χ3n) is 6.07. The van der Waals surface area contributed by atoms with Crippen LogP contribution in [0.3, 0.4) is 0 Å². The first-order valence-electron chi connectivity index (χ1n) is 10.7. The largest absolute Gasteiger partial charge is 0.495 e. The molecule has 1 aliphatic heterocycles. The van der Waals surface area contributed by atoms with Crippen LogP contribution < -0.4 is 14.8 Å². The summed E-state index contributed by atoms with van der Waals surface area (Å²) >= 11 is 13.1. The van der Waals surface area contributed by atoms with Gasteiger partial charge in [0, 0.05) is 35.8 Å². The zero-order valence-corrected chi connectivity index (χ0v) is 20.8. The highest BCUT2D eigenvalue weighted by Gasteiger charge is 2.40. The fourth-order valence-electron chi connectivity index (χ4n) is 4.36. The number of aromatic nitrogens is 2. The summed E-state index contributed by atoms with van der Waals surface area (Å²) in [4.78, 5) is 22.1. The van der Waals surface area contributed by atoms with Crippen LogP contribution >= 0.6 is 23.2 Å². The first-order valence-corrected chi connectivity index (χ1v) is 11.5. The molecule has 2 unspecified atom stereocenters. The fourth-order valence-corrected chi connectivity index (χ4v) is 5.08. The van der Waals surface area contributed by atoms with Crippen LogP contribution in [-0.2, 0) is 4.79 Å². The lowest BCUT2D eigenvalue weighted by Gasteiger charge is -2.30. The van der Waals surface area contributed by atoms with Crippen molar-refractivity contribution in [3.8, 4) is 22.6 Å². The summed E-state index contributed by atoms with van der Waals surface area (Å²) in [7, 11) is 3.06. The number of aliphatic hydroxyl groups is 1. The fraction of sp³-hybridized carbons (Fsp3) is 0.375. The van der Waals surface area contributed by atoms with E-state index in [9.17, 15) is 9.90 Å². The molecule has 2 atom stereocenters. The second-order valence-electron chi connectivity index (χ2n) is 8.80. The predicted octanol–water partition coefficient (Wildman–Crippen LogP) is 4.40. The van der Waals surface area contributed by atoms with Crippen molar-refractivity contribution < 1.29 is 19.4 Å². The molecule has 0 spiro atoms. The minimum atomic E-state index is -0.997. The Bertz CT molecular complexity index is 1200. The van der Waals surface area contributed by atoms with E-state index < -0.39 is 5.60 Å². The van der Waals surface area contributed by atoms with Crippen molar-refractivity contribution in [2.75, 3.05) is 26.1 Å². The molecule has 1 fully saturated rings. The highest BCUT2D eigenvalue weighted by molar-refractivity contribution is 6.41. The third-order valence-corrected chi connectivity index (χ3v) is 6.82. The monoisotopic (exact) mass is 504 g/mol. The van der Waals surface area contributed by atoms with Crippen molar-refractivity contribution in [2.45, 2.75) is 38.0 Å². The number of anilines is 1. The van der Waals surface area contributed by atoms with Crippen molar-refractivity contribution in [3.63, 3.8) is 0 Å². The number of hydrogen-bond acceptors (Lipinski definition) is 7. The molecule has 34 heavy (non-hydrogen) atoms. The number of carbonyl (C=O) groups is 1. The second-order valence-corrected chi connectivity index (χ2v) is 9.56. The van der Waals surface area contributed by atoms with Crippen LogP contribution in [0.4, 0.5) is 5.95 Å². The van der Waals surface area contributed by atoms with E-state index in [1.807, 2.05) is 18.2 Å². The Morgan fingerprint density at radius 1 is 1.18 bits per heavy atom. The zero-order chi connectivity index (χ0) is 24.6. The molecule has 0 radical (unpaired) electrons. The molecule has 0 aliphatic carbocycles. The predicted molar refractivity (Wildman–Crippen MR) is 133 cm³/mol. The Kier molecular flexibility index (Phi) is 6.75. The van der Waals surface area contributed by atoms with Gasteiger partial charge in [-0.25, -0.2) is 9.97 Å². The van der Waals surface area contributed by atoms with Crippen LogP contribution in [0, 0.1) is 0 Å². The number of fused-ring (bicyclic) bond motifs is 1. The van der Waals surface area contributed by atoms with E-state index in [4.69, 9.17) is 32.7 Å². The molecule has 3 aromatic rings. The molecule has 1 saturated heterocycles. The number of ether oxygens (including phenoxy) is 2. The van der Waals surface area contributed by atoms with Crippen molar-refractivity contribution in [2.24, 2.45) is 0 Å². The summed E-state index contributed by atoms with van der Waals surface area (Å²) in [6, 6.07) is 6.94. The lowest BCUT2D eigenvalue weighted by Crippen LogP contribution is -2.44. The van der Waals surface area contributed by atoms with Crippen LogP contribution in [0.5, 0.6) is 11.5 Å². The highest BCUT2D eigenvalue weighted by atomic mass is 35.5. The van der Waals surface area contributed by atoms with Crippen molar-refractivity contribution in [3.05, 3.63) is 40.5 Å². The molecule has 180 valence electrons. The van der Waals surface area contributed by atoms with Gasteiger partial charge >= 0.3 is 0 Å². The molecule has 2 heterocycles. The Morgan fingerprint density at radius 3 is 2.41 bits per heavy atom. The van der Waals surface area contributed by atoms with Gasteiger partial charge in [-0.1, -0.05) is 29.3 Å². The molecule has 2 aromatic carbocycles. The minimum absolute atomic E-state index is 0.0693. The van der Waals surface area contributed by atoms with Crippen molar-refractivity contribution >= 4 is 46.5 Å². The summed E-state index contributed by atoms with van der Waals surface area (Å²) in [6.45, 7) is 3.88. The quantitative estimate of drug-likeness (QED) is 0.460. The maximum Gasteiger partial charge on any atom is 0.223 e. The molecule has 2 N–H and O–H groups in total. The summed E-state index contributed by atoms with van der Waals surface area (Å²) in [5.74, 6) is 1.37. The Balaban J connectivity index is 1.62. The van der Waals surface area contributed by atoms with E-state index in [0.717, 1.165) is 22.9 Å². The van der Waals surface area contributed by atoms with Gasteiger partial charge in [0.25, 0.3) is 0 Å². The Morgan fingerprint density at radius 2 is 1.85 bits per heavy atom. The summed E-state index contributed by atoms with van der Waals surface area (Å²) < 4.78 is 10.7. The molecule has 1 aromatic heterocycles. The third kappa shape index (κ3) is 4.58. The van der Waals surface area contributed by atoms with Crippen LogP contribution in [0.15, 0.2) is 30.5 Å². The topological polar surface area (TPSA) is 96.8 Å². The first-order chi connectivity index (χ1) is 16.2. The Hall–Kier alpha value is -2.81. The van der Waals surface area contributed by atoms with Gasteiger partial charge in [0.15, 0.2) is 0 Å². The van der Waals surface area contributed by atoms with Gasteiger partial charge in [-0.15, -0.1) is 0 Å². The first kappa shape index (κ1) is 24.3. The average molecular weight is 505 g/mol. The van der Waals surface area contributed by atoms with Crippen LogP contribution in [0.1, 0.15) is 20.3 Å². The summed E-state index contributed by atoms with van der Waals surface area (Å²) in [5.41, 5.74) is 1.10. The number of carbonyl (C=O) groups excluding carboxylic acids is 1. The van der Waals surface area contributed by atoms with Gasteiger partial charge in [0.1, 0.15) is 11.5 Å². The van der Waals surface area contributed by atoms with Gasteiger partial charge in [0.2, 0.25) is 12.4 Å². The molecule has 0 saturated carbocycles. The van der Waals surface area contributed by atoms with Crippen molar-refractivity contribution in [1.82, 2.24) is 14.9 Å². The lowest BCUT2D eigenvalue weighted by molar-refractivity contribution is -0.123. The molecular weight excluding hydrogens is 479 g/mol. The van der Waals surface area contributed by atoms with Crippen LogP contribution in [0.2, 0.25) is 10.0 Å². The number of rotatable bonds is 7. The standard InChI is InChI=1S/C24H26Cl2N4O4/c1-24(2,32)19-8-15(11-30(19)12-31)28-23-27-10-14-7-13(5-6-16(14)29-23)20-21(25)17(33-3)9-18(34-4)22(20)26/h5-7,9-10,12,15,19,32H,8,11H2,1-4H3,(H,27,28,29). The van der Waals surface area contributed by atoms with Gasteiger partial charge in [-0.2, -0.15) is 0 Å². The molecule has 0 bridgehead atoms. The van der Waals surface area contributed by atoms with Crippen LogP contribution in [0.25, 0.3) is 22.0 Å². The number of nitrogens with zero attached hydrogens (tertiary/aromatic N) is 3. The van der Waals surface area contributed by atoms with E-state index >= 15 is 0 Å². The maximum atomic E-state index is 11.4. The van der Waals surface area contributed by atoms with Gasteiger partial charge in [0.05, 0.1) is 41.4 Å². The van der Waals surface area contributed by atoms with Gasteiger partial charge in [-0.3, -0.25) is 4.79 Å². The number of halogens is 2. The summed E-state index contributed by atoms with van der Waals surface area (Å²) in [6.07, 6.45) is 3.08. The Labute approximate surface area is 207 Å². The highest BCUT2D eigenvalue weighted by Crippen LogP contribution is 2.46. The zero-order valence-electron chi connectivity index (χ0n) is 19.3. The van der Waals surface area contributed by atoms with E-state index in [-0.39, 0.29) is 12.1 Å². The molecule has 4 rings (SSSR count). The number of amides is 1. The van der Waals surface area contributed by atoms with E-state index in [0.29, 0.717) is 46.0 Å². The molecular formula is C24H26Cl2N4O4. The normalized spacial score (nSPS) is 18.3. The van der Waals surface area contributed by atoms with Crippen LogP contribution in [-0.4, -0.2) is 64.8 Å². The van der Waals surface area contributed by atoms with E-state index in [1.165, 1.54) is 14.2 Å². The van der Waals surface area contributed by atoms with Crippen molar-refractivity contribution in [1.29, 1.82) is 0 Å². The molecule has 1 aliphatic rings. The number of benzene rings is 2. The maximum absolute atomic E-state index is 11.4. The lowest BCUT2D eigenvalue weighted by atomic mass is 9.96. The average Bonchev–Trinajstić information content (AvgIpc) is 3.23. The van der Waals surface area contributed by atoms with Gasteiger partial charge < -0.3 is 24.8 Å². The molecule has 1 amide bonds. The number of likely N-dealkylation sites (tertiary alicyclic amines) is 1. The SMILES string of the molecule is COc1cc(OC)c(Cl)c(-c2ccc3nc(NC4CC(C(C)(C)O)N(C=O)C4)ncc3c2)c1Cl. The summed E-state index contributed by atoms with van der Waals surface area (Å²) in [5, 5.41) is 15.2. The number of methoxy groups -OCH3 is 2. The van der Waals surface area contributed by atoms with E-state index in [2.05, 4.69) is 15.3 Å². The molecule has 8 nitrogen and oxygen atoms in total. The molecule has 10 heteroatoms.